The van der Waals surface area contributed by atoms with Gasteiger partial charge in [-0.05, 0) is 49.4 Å². The fraction of sp³-hybridized carbons (Fsp3) is 0.174. The van der Waals surface area contributed by atoms with Gasteiger partial charge in [-0.15, -0.1) is 0 Å². The quantitative estimate of drug-likeness (QED) is 0.463. The third-order valence-electron chi connectivity index (χ3n) is 4.48. The molecular formula is C23H21Cl2FN4O3. The highest BCUT2D eigenvalue weighted by molar-refractivity contribution is 6.31. The van der Waals surface area contributed by atoms with E-state index in [0.29, 0.717) is 17.1 Å². The number of benzene rings is 2. The van der Waals surface area contributed by atoms with Gasteiger partial charge in [0.05, 0.1) is 10.7 Å². The number of hydrogen-bond acceptors (Lipinski definition) is 4. The maximum atomic E-state index is 13.4. The van der Waals surface area contributed by atoms with Crippen LogP contribution in [0.3, 0.4) is 0 Å². The Kier molecular flexibility index (Phi) is 8.08. The zero-order valence-electron chi connectivity index (χ0n) is 17.7. The number of rotatable bonds is 9. The Morgan fingerprint density at radius 1 is 1.15 bits per heavy atom. The normalized spacial score (nSPS) is 10.5. The summed E-state index contributed by atoms with van der Waals surface area (Å²) in [6, 6.07) is 12.7. The fourth-order valence-electron chi connectivity index (χ4n) is 2.86. The minimum absolute atomic E-state index is 0.0332. The third-order valence-corrected chi connectivity index (χ3v) is 5.04. The highest BCUT2D eigenvalue weighted by Crippen LogP contribution is 2.20. The van der Waals surface area contributed by atoms with Crippen LogP contribution < -0.4 is 15.4 Å². The minimum Gasteiger partial charge on any atom is -0.484 e. The molecule has 0 aliphatic rings. The summed E-state index contributed by atoms with van der Waals surface area (Å²) in [4.78, 5) is 24.4. The van der Waals surface area contributed by atoms with Gasteiger partial charge in [0.15, 0.2) is 12.3 Å². The van der Waals surface area contributed by atoms with Crippen molar-refractivity contribution in [2.45, 2.75) is 13.3 Å². The van der Waals surface area contributed by atoms with E-state index < -0.39 is 11.7 Å². The van der Waals surface area contributed by atoms with Crippen LogP contribution in [-0.4, -0.2) is 34.7 Å². The molecule has 10 heteroatoms. The predicted octanol–water partition coefficient (Wildman–Crippen LogP) is 4.46. The van der Waals surface area contributed by atoms with Crippen LogP contribution in [0.1, 0.15) is 22.6 Å². The molecule has 0 atom stereocenters. The Hall–Kier alpha value is -3.36. The number of nitrogens with one attached hydrogen (secondary N) is 2. The van der Waals surface area contributed by atoms with Crippen LogP contribution in [0.25, 0.3) is 5.69 Å². The van der Waals surface area contributed by atoms with E-state index >= 15 is 0 Å². The van der Waals surface area contributed by atoms with E-state index in [9.17, 15) is 14.0 Å². The lowest BCUT2D eigenvalue weighted by Crippen LogP contribution is -2.31. The van der Waals surface area contributed by atoms with Crippen molar-refractivity contribution in [3.63, 3.8) is 0 Å². The van der Waals surface area contributed by atoms with Crippen LogP contribution in [0.4, 0.5) is 4.39 Å². The van der Waals surface area contributed by atoms with Gasteiger partial charge in [0.2, 0.25) is 0 Å². The SMILES string of the molecule is C=C(CCNC(=O)c1cc(C)n(-c2ccc(Cl)cc2)n1)NC(=O)COc1ccc(Cl)c(F)c1. The maximum absolute atomic E-state index is 13.4. The molecule has 0 aliphatic heterocycles. The van der Waals surface area contributed by atoms with E-state index in [1.54, 1.807) is 22.9 Å². The highest BCUT2D eigenvalue weighted by atomic mass is 35.5. The van der Waals surface area contributed by atoms with Crippen LogP contribution in [0.15, 0.2) is 60.8 Å². The Labute approximate surface area is 200 Å². The van der Waals surface area contributed by atoms with Crippen molar-refractivity contribution < 1.29 is 18.7 Å². The van der Waals surface area contributed by atoms with E-state index in [2.05, 4.69) is 22.3 Å². The molecule has 1 heterocycles. The zero-order valence-corrected chi connectivity index (χ0v) is 19.2. The summed E-state index contributed by atoms with van der Waals surface area (Å²) >= 11 is 11.5. The molecular weight excluding hydrogens is 470 g/mol. The first-order valence-electron chi connectivity index (χ1n) is 9.89. The molecule has 0 aliphatic carbocycles. The Morgan fingerprint density at radius 3 is 2.58 bits per heavy atom. The third kappa shape index (κ3) is 6.81. The molecule has 0 radical (unpaired) electrons. The second-order valence-electron chi connectivity index (χ2n) is 7.08. The lowest BCUT2D eigenvalue weighted by Gasteiger charge is -2.10. The number of nitrogens with zero attached hydrogens (tertiary/aromatic N) is 2. The summed E-state index contributed by atoms with van der Waals surface area (Å²) in [6.45, 7) is 5.53. The lowest BCUT2D eigenvalue weighted by atomic mass is 10.3. The van der Waals surface area contributed by atoms with Crippen molar-refractivity contribution in [1.29, 1.82) is 0 Å². The summed E-state index contributed by atoms with van der Waals surface area (Å²) in [5, 5.41) is 10.2. The molecule has 172 valence electrons. The van der Waals surface area contributed by atoms with Crippen molar-refractivity contribution in [3.8, 4) is 11.4 Å². The smallest absolute Gasteiger partial charge is 0.271 e. The van der Waals surface area contributed by atoms with Crippen LogP contribution in [0.2, 0.25) is 10.0 Å². The van der Waals surface area contributed by atoms with Gasteiger partial charge < -0.3 is 15.4 Å². The number of ether oxygens (including phenoxy) is 1. The van der Waals surface area contributed by atoms with Gasteiger partial charge in [-0.1, -0.05) is 29.8 Å². The van der Waals surface area contributed by atoms with Crippen LogP contribution in [-0.2, 0) is 4.79 Å². The second-order valence-corrected chi connectivity index (χ2v) is 7.93. The van der Waals surface area contributed by atoms with Gasteiger partial charge in [0, 0.05) is 35.4 Å². The minimum atomic E-state index is -0.636. The summed E-state index contributed by atoms with van der Waals surface area (Å²) < 4.78 is 20.3. The Balaban J connectivity index is 1.43. The van der Waals surface area contributed by atoms with Gasteiger partial charge >= 0.3 is 0 Å². The van der Waals surface area contributed by atoms with E-state index in [1.165, 1.54) is 12.1 Å². The van der Waals surface area contributed by atoms with Crippen molar-refractivity contribution in [3.05, 3.63) is 88.1 Å². The highest BCUT2D eigenvalue weighted by Gasteiger charge is 2.13. The first-order valence-corrected chi connectivity index (χ1v) is 10.6. The van der Waals surface area contributed by atoms with Crippen molar-refractivity contribution >= 4 is 35.0 Å². The van der Waals surface area contributed by atoms with Crippen molar-refractivity contribution in [1.82, 2.24) is 20.4 Å². The molecule has 0 spiro atoms. The number of halogens is 3. The molecule has 3 rings (SSSR count). The number of carbonyl (C=O) groups is 2. The number of amides is 2. The molecule has 0 bridgehead atoms. The average Bonchev–Trinajstić information content (AvgIpc) is 3.16. The number of hydrogen-bond donors (Lipinski definition) is 2. The fourth-order valence-corrected chi connectivity index (χ4v) is 3.10. The zero-order chi connectivity index (χ0) is 24.0. The van der Waals surface area contributed by atoms with Crippen LogP contribution in [0.5, 0.6) is 5.75 Å². The van der Waals surface area contributed by atoms with E-state index in [0.717, 1.165) is 17.4 Å². The van der Waals surface area contributed by atoms with Gasteiger partial charge in [-0.2, -0.15) is 5.10 Å². The topological polar surface area (TPSA) is 85.3 Å². The lowest BCUT2D eigenvalue weighted by molar-refractivity contribution is -0.122. The molecule has 33 heavy (non-hydrogen) atoms. The van der Waals surface area contributed by atoms with Gasteiger partial charge in [-0.3, -0.25) is 9.59 Å². The van der Waals surface area contributed by atoms with E-state index in [1.807, 2.05) is 19.1 Å². The van der Waals surface area contributed by atoms with Crippen molar-refractivity contribution in [2.24, 2.45) is 0 Å². The molecule has 1 aromatic heterocycles. The first-order chi connectivity index (χ1) is 15.7. The van der Waals surface area contributed by atoms with Crippen LogP contribution >= 0.6 is 23.2 Å². The largest absolute Gasteiger partial charge is 0.484 e. The Bertz CT molecular complexity index is 1180. The molecule has 2 amide bonds. The monoisotopic (exact) mass is 490 g/mol. The standard InChI is InChI=1S/C23H21Cl2FN4O3/c1-14(28-22(31)13-33-18-7-8-19(25)20(26)12-18)9-10-27-23(32)21-11-15(2)30(29-21)17-5-3-16(24)4-6-17/h3-8,11-12H,1,9-10,13H2,2H3,(H,27,32)(H,28,31). The van der Waals surface area contributed by atoms with E-state index in [4.69, 9.17) is 27.9 Å². The van der Waals surface area contributed by atoms with Gasteiger partial charge in [0.25, 0.3) is 11.8 Å². The van der Waals surface area contributed by atoms with E-state index in [-0.39, 0.29) is 35.5 Å². The summed E-state index contributed by atoms with van der Waals surface area (Å²) in [5.74, 6) is -1.27. The molecule has 3 aromatic rings. The second kappa shape index (κ2) is 11.0. The number of aryl methyl sites for hydroxylation is 1. The Morgan fingerprint density at radius 2 is 1.88 bits per heavy atom. The van der Waals surface area contributed by atoms with Crippen LogP contribution in [0, 0.1) is 12.7 Å². The summed E-state index contributed by atoms with van der Waals surface area (Å²) in [5.41, 5.74) is 2.24. The molecule has 2 N–H and O–H groups in total. The molecule has 0 unspecified atom stereocenters. The molecule has 2 aromatic carbocycles. The predicted molar refractivity (Wildman–Crippen MR) is 124 cm³/mol. The number of carbonyl (C=O) groups excluding carboxylic acids is 2. The maximum Gasteiger partial charge on any atom is 0.271 e. The molecule has 0 saturated carbocycles. The summed E-state index contributed by atoms with van der Waals surface area (Å²) in [7, 11) is 0. The van der Waals surface area contributed by atoms with Gasteiger partial charge in [0.1, 0.15) is 11.6 Å². The number of aromatic nitrogens is 2. The summed E-state index contributed by atoms with van der Waals surface area (Å²) in [6.07, 6.45) is 0.309. The van der Waals surface area contributed by atoms with Crippen molar-refractivity contribution in [2.75, 3.05) is 13.2 Å². The first kappa shape index (κ1) is 24.3. The molecule has 0 fully saturated rings. The van der Waals surface area contributed by atoms with Gasteiger partial charge in [-0.25, -0.2) is 9.07 Å². The molecule has 7 nitrogen and oxygen atoms in total. The molecule has 0 saturated heterocycles. The average molecular weight is 491 g/mol.